The fourth-order valence-electron chi connectivity index (χ4n) is 4.24. The van der Waals surface area contributed by atoms with Gasteiger partial charge in [-0.25, -0.2) is 0 Å². The van der Waals surface area contributed by atoms with Crippen LogP contribution in [0.3, 0.4) is 0 Å². The molecule has 3 aliphatic rings. The number of hydrogen-bond donors (Lipinski definition) is 0. The van der Waals surface area contributed by atoms with E-state index < -0.39 is 0 Å². The van der Waals surface area contributed by atoms with Crippen molar-refractivity contribution in [2.24, 2.45) is 27.0 Å². The van der Waals surface area contributed by atoms with Crippen LogP contribution in [0.1, 0.15) is 45.6 Å². The number of fused-ring (bicyclic) bond motifs is 3. The molecule has 0 radical (unpaired) electrons. The van der Waals surface area contributed by atoms with Crippen LogP contribution in [0.25, 0.3) is 0 Å². The Hall–Kier alpha value is -1.84. The first kappa shape index (κ1) is 13.8. The average Bonchev–Trinajstić information content (AvgIpc) is 3.09. The van der Waals surface area contributed by atoms with Crippen LogP contribution in [0, 0.1) is 16.7 Å². The number of hydrogen-bond acceptors (Lipinski definition) is 4. The van der Waals surface area contributed by atoms with Gasteiger partial charge in [-0.15, -0.1) is 0 Å². The van der Waals surface area contributed by atoms with Gasteiger partial charge in [0.25, 0.3) is 0 Å². The molecule has 2 atom stereocenters. The summed E-state index contributed by atoms with van der Waals surface area (Å²) in [6.07, 6.45) is 5.47. The van der Waals surface area contributed by atoms with E-state index in [0.29, 0.717) is 12.2 Å². The van der Waals surface area contributed by atoms with Gasteiger partial charge in [-0.1, -0.05) is 20.8 Å². The van der Waals surface area contributed by atoms with Gasteiger partial charge in [-0.2, -0.15) is 10.2 Å². The Labute approximate surface area is 131 Å². The Kier molecular flexibility index (Phi) is 2.87. The first-order valence-corrected chi connectivity index (χ1v) is 8.01. The number of rotatable bonds is 2. The highest BCUT2D eigenvalue weighted by Crippen LogP contribution is 2.63. The van der Waals surface area contributed by atoms with Crippen LogP contribution in [0.15, 0.2) is 28.4 Å². The summed E-state index contributed by atoms with van der Waals surface area (Å²) in [5.74, 6) is 2.34. The molecule has 0 N–H and O–H groups in total. The first-order valence-electron chi connectivity index (χ1n) is 8.01. The van der Waals surface area contributed by atoms with Gasteiger partial charge in [0, 0.05) is 11.1 Å². The predicted octanol–water partition coefficient (Wildman–Crippen LogP) is 4.04. The molecule has 0 amide bonds. The predicted molar refractivity (Wildman–Crippen MR) is 86.8 cm³/mol. The minimum Gasteiger partial charge on any atom is -0.454 e. The van der Waals surface area contributed by atoms with Crippen LogP contribution in [-0.4, -0.2) is 18.7 Å². The molecule has 4 heteroatoms. The maximum atomic E-state index is 5.38. The third-order valence-electron chi connectivity index (χ3n) is 6.29. The van der Waals surface area contributed by atoms with E-state index in [9.17, 15) is 0 Å². The van der Waals surface area contributed by atoms with E-state index in [0.717, 1.165) is 29.4 Å². The summed E-state index contributed by atoms with van der Waals surface area (Å²) in [5, 5.41) is 8.92. The molecule has 116 valence electrons. The molecule has 1 aromatic rings. The van der Waals surface area contributed by atoms with Crippen molar-refractivity contribution in [3.8, 4) is 11.5 Å². The molecule has 1 heterocycles. The number of benzene rings is 1. The summed E-state index contributed by atoms with van der Waals surface area (Å²) >= 11 is 0. The lowest BCUT2D eigenvalue weighted by molar-refractivity contribution is 0.174. The molecule has 2 fully saturated rings. The quantitative estimate of drug-likeness (QED) is 0.611. The maximum absolute atomic E-state index is 5.38. The zero-order chi connectivity index (χ0) is 15.4. The van der Waals surface area contributed by atoms with Gasteiger partial charge < -0.3 is 9.47 Å². The zero-order valence-electron chi connectivity index (χ0n) is 13.4. The van der Waals surface area contributed by atoms with E-state index in [4.69, 9.17) is 9.47 Å². The fourth-order valence-corrected chi connectivity index (χ4v) is 4.24. The Morgan fingerprint density at radius 2 is 2.00 bits per heavy atom. The lowest BCUT2D eigenvalue weighted by Gasteiger charge is -2.34. The van der Waals surface area contributed by atoms with Gasteiger partial charge in [-0.3, -0.25) is 0 Å². The largest absolute Gasteiger partial charge is 0.454 e. The number of nitrogens with zero attached hydrogens (tertiary/aromatic N) is 2. The second kappa shape index (κ2) is 4.58. The SMILES string of the molecule is CC1(C)[C@@H]2CC[C@]1(C)/C(=N/N=C\c1ccc3c(c1)OCO3)C2. The summed E-state index contributed by atoms with van der Waals surface area (Å²) in [4.78, 5) is 0. The Bertz CT molecular complexity index is 678. The summed E-state index contributed by atoms with van der Waals surface area (Å²) < 4.78 is 10.7. The van der Waals surface area contributed by atoms with Gasteiger partial charge in [0.15, 0.2) is 11.5 Å². The molecule has 4 nitrogen and oxygen atoms in total. The molecule has 0 unspecified atom stereocenters. The molecule has 0 spiro atoms. The van der Waals surface area contributed by atoms with Crippen molar-refractivity contribution in [2.45, 2.75) is 40.0 Å². The van der Waals surface area contributed by atoms with Crippen molar-refractivity contribution >= 4 is 11.9 Å². The Balaban J connectivity index is 1.55. The van der Waals surface area contributed by atoms with E-state index in [-0.39, 0.29) is 5.41 Å². The van der Waals surface area contributed by atoms with Crippen LogP contribution in [0.4, 0.5) is 0 Å². The van der Waals surface area contributed by atoms with Gasteiger partial charge in [0.2, 0.25) is 6.79 Å². The van der Waals surface area contributed by atoms with Gasteiger partial charge in [0.1, 0.15) is 0 Å². The standard InChI is InChI=1S/C18H22N2O2/c1-17(2)13-6-7-18(17,3)16(9-13)20-19-10-12-4-5-14-15(8-12)22-11-21-14/h4-5,8,10,13H,6-7,9,11H2,1-3H3/b19-10-,20-16+/t13-,18-/m1/s1. The Morgan fingerprint density at radius 1 is 1.18 bits per heavy atom. The molecule has 1 aromatic carbocycles. The van der Waals surface area contributed by atoms with Gasteiger partial charge >= 0.3 is 0 Å². The average molecular weight is 298 g/mol. The van der Waals surface area contributed by atoms with E-state index in [1.54, 1.807) is 6.21 Å². The first-order chi connectivity index (χ1) is 10.5. The van der Waals surface area contributed by atoms with Crippen LogP contribution in [0.2, 0.25) is 0 Å². The molecule has 2 saturated carbocycles. The molecular weight excluding hydrogens is 276 g/mol. The van der Waals surface area contributed by atoms with Crippen LogP contribution < -0.4 is 9.47 Å². The zero-order valence-corrected chi connectivity index (χ0v) is 13.4. The van der Waals surface area contributed by atoms with Gasteiger partial charge in [-0.05, 0) is 54.4 Å². The molecule has 22 heavy (non-hydrogen) atoms. The lowest BCUT2D eigenvalue weighted by atomic mass is 9.70. The van der Waals surface area contributed by atoms with Crippen molar-refractivity contribution in [1.29, 1.82) is 0 Å². The highest BCUT2D eigenvalue weighted by Gasteiger charge is 2.59. The van der Waals surface area contributed by atoms with E-state index in [1.165, 1.54) is 18.6 Å². The monoisotopic (exact) mass is 298 g/mol. The smallest absolute Gasteiger partial charge is 0.231 e. The minimum atomic E-state index is 0.212. The van der Waals surface area contributed by atoms with Crippen LogP contribution >= 0.6 is 0 Å². The Morgan fingerprint density at radius 3 is 2.73 bits per heavy atom. The second-order valence-electron chi connectivity index (χ2n) is 7.40. The second-order valence-corrected chi connectivity index (χ2v) is 7.40. The summed E-state index contributed by atoms with van der Waals surface area (Å²) in [5.41, 5.74) is 2.82. The van der Waals surface area contributed by atoms with E-state index in [1.807, 2.05) is 18.2 Å². The summed E-state index contributed by atoms with van der Waals surface area (Å²) in [6.45, 7) is 7.42. The van der Waals surface area contributed by atoms with Crippen molar-refractivity contribution < 1.29 is 9.47 Å². The van der Waals surface area contributed by atoms with Crippen molar-refractivity contribution in [3.05, 3.63) is 23.8 Å². The summed E-state index contributed by atoms with van der Waals surface area (Å²) in [6, 6.07) is 5.83. The molecule has 4 rings (SSSR count). The van der Waals surface area contributed by atoms with Crippen molar-refractivity contribution in [2.75, 3.05) is 6.79 Å². The highest BCUT2D eigenvalue weighted by molar-refractivity contribution is 5.94. The highest BCUT2D eigenvalue weighted by atomic mass is 16.7. The van der Waals surface area contributed by atoms with Crippen molar-refractivity contribution in [3.63, 3.8) is 0 Å². The van der Waals surface area contributed by atoms with E-state index in [2.05, 4.69) is 31.0 Å². The maximum Gasteiger partial charge on any atom is 0.231 e. The van der Waals surface area contributed by atoms with Crippen molar-refractivity contribution in [1.82, 2.24) is 0 Å². The van der Waals surface area contributed by atoms with Crippen LogP contribution in [0.5, 0.6) is 11.5 Å². The third kappa shape index (κ3) is 1.82. The van der Waals surface area contributed by atoms with E-state index >= 15 is 0 Å². The molecule has 2 bridgehead atoms. The molecular formula is C18H22N2O2. The molecule has 2 aliphatic carbocycles. The van der Waals surface area contributed by atoms with Crippen LogP contribution in [-0.2, 0) is 0 Å². The lowest BCUT2D eigenvalue weighted by Crippen LogP contribution is -2.32. The normalized spacial score (nSPS) is 33.2. The number of ether oxygens (including phenoxy) is 2. The minimum absolute atomic E-state index is 0.212. The molecule has 1 aliphatic heterocycles. The topological polar surface area (TPSA) is 43.2 Å². The third-order valence-corrected chi connectivity index (χ3v) is 6.29. The fraction of sp³-hybridized carbons (Fsp3) is 0.556. The molecule has 0 aromatic heterocycles. The summed E-state index contributed by atoms with van der Waals surface area (Å²) in [7, 11) is 0. The molecule has 0 saturated heterocycles. The van der Waals surface area contributed by atoms with Gasteiger partial charge in [0.05, 0.1) is 6.21 Å².